The molecule has 2 rings (SSSR count). The number of nitrogens with zero attached hydrogens (tertiary/aromatic N) is 3. The van der Waals surface area contributed by atoms with Gasteiger partial charge in [0.2, 0.25) is 0 Å². The molecule has 1 aliphatic heterocycles. The number of hydrogen-bond acceptors (Lipinski definition) is 6. The summed E-state index contributed by atoms with van der Waals surface area (Å²) in [5.41, 5.74) is 3.24. The number of hydrogen-bond donors (Lipinski definition) is 1. The molecule has 1 fully saturated rings. The molecule has 1 heterocycles. The standard InChI is InChI=1S/C15H22N4O2/c1-5-7-12(8-6-2)13(9-16)11(18)19-15(20-3,21-4)14(12,13)10-17/h5-8H2,1-4H3,(H2,18,19)/t13-,14+/m0/s1. The molecule has 0 unspecified atom stereocenters. The highest BCUT2D eigenvalue weighted by molar-refractivity contribution is 6.00. The van der Waals surface area contributed by atoms with Crippen LogP contribution in [0.25, 0.3) is 0 Å². The fourth-order valence-electron chi connectivity index (χ4n) is 4.71. The number of nitrogens with two attached hydrogens (primary N) is 1. The fourth-order valence-corrected chi connectivity index (χ4v) is 4.71. The van der Waals surface area contributed by atoms with Gasteiger partial charge >= 0.3 is 0 Å². The van der Waals surface area contributed by atoms with Gasteiger partial charge in [0.1, 0.15) is 11.3 Å². The Labute approximate surface area is 125 Å². The van der Waals surface area contributed by atoms with Crippen LogP contribution in [0.2, 0.25) is 0 Å². The maximum absolute atomic E-state index is 9.98. The molecular weight excluding hydrogens is 268 g/mol. The fraction of sp³-hybridized carbons (Fsp3) is 0.800. The minimum atomic E-state index is -1.49. The third-order valence-electron chi connectivity index (χ3n) is 5.30. The number of amidine groups is 1. The van der Waals surface area contributed by atoms with E-state index in [1.165, 1.54) is 14.2 Å². The summed E-state index contributed by atoms with van der Waals surface area (Å²) in [6.07, 6.45) is 3.13. The quantitative estimate of drug-likeness (QED) is 0.752. The van der Waals surface area contributed by atoms with Crippen LogP contribution in [-0.4, -0.2) is 26.0 Å². The zero-order valence-electron chi connectivity index (χ0n) is 13.1. The predicted molar refractivity (Wildman–Crippen MR) is 76.7 cm³/mol. The van der Waals surface area contributed by atoms with Crippen molar-refractivity contribution in [2.24, 2.45) is 27.0 Å². The maximum Gasteiger partial charge on any atom is 0.292 e. The Morgan fingerprint density at radius 1 is 1.10 bits per heavy atom. The number of ether oxygens (including phenoxy) is 2. The second-order valence-electron chi connectivity index (χ2n) is 5.79. The molecule has 6 nitrogen and oxygen atoms in total. The zero-order valence-corrected chi connectivity index (χ0v) is 13.1. The molecule has 6 heteroatoms. The number of fused-ring (bicyclic) bond motifs is 1. The third kappa shape index (κ3) is 1.23. The minimum absolute atomic E-state index is 0.164. The first kappa shape index (κ1) is 15.8. The molecule has 2 atom stereocenters. The first-order valence-electron chi connectivity index (χ1n) is 7.28. The summed E-state index contributed by atoms with van der Waals surface area (Å²) in [4.78, 5) is 4.24. The van der Waals surface area contributed by atoms with Gasteiger partial charge in [0, 0.05) is 19.6 Å². The SMILES string of the molecule is CCCC1(CCC)[C@@]2(C#N)C(OC)(OC)N=C(N)[C@@]12C#N. The molecule has 0 amide bonds. The first-order chi connectivity index (χ1) is 9.99. The van der Waals surface area contributed by atoms with Gasteiger partial charge in [-0.3, -0.25) is 0 Å². The van der Waals surface area contributed by atoms with Crippen LogP contribution in [0.5, 0.6) is 0 Å². The molecule has 114 valence electrons. The molecule has 0 saturated heterocycles. The molecule has 2 N–H and O–H groups in total. The molecule has 0 aromatic heterocycles. The predicted octanol–water partition coefficient (Wildman–Crippen LogP) is 1.92. The number of rotatable bonds is 6. The van der Waals surface area contributed by atoms with Crippen LogP contribution in [0.15, 0.2) is 4.99 Å². The van der Waals surface area contributed by atoms with Crippen LogP contribution < -0.4 is 5.73 Å². The second-order valence-corrected chi connectivity index (χ2v) is 5.79. The third-order valence-corrected chi connectivity index (χ3v) is 5.30. The Bertz CT molecular complexity index is 549. The normalized spacial score (nSPS) is 34.5. The van der Waals surface area contributed by atoms with Crippen LogP contribution in [0, 0.1) is 38.9 Å². The average molecular weight is 290 g/mol. The molecule has 0 radical (unpaired) electrons. The van der Waals surface area contributed by atoms with E-state index in [2.05, 4.69) is 17.1 Å². The van der Waals surface area contributed by atoms with Crippen molar-refractivity contribution in [2.45, 2.75) is 45.4 Å². The molecule has 21 heavy (non-hydrogen) atoms. The van der Waals surface area contributed by atoms with E-state index in [1.807, 2.05) is 13.8 Å². The molecule has 0 aromatic carbocycles. The first-order valence-corrected chi connectivity index (χ1v) is 7.28. The van der Waals surface area contributed by atoms with E-state index in [0.717, 1.165) is 12.8 Å². The highest BCUT2D eigenvalue weighted by Crippen LogP contribution is 2.88. The van der Waals surface area contributed by atoms with Gasteiger partial charge in [-0.15, -0.1) is 0 Å². The summed E-state index contributed by atoms with van der Waals surface area (Å²) < 4.78 is 11.0. The van der Waals surface area contributed by atoms with Crippen molar-refractivity contribution < 1.29 is 9.47 Å². The van der Waals surface area contributed by atoms with Gasteiger partial charge in [0.05, 0.1) is 12.1 Å². The van der Waals surface area contributed by atoms with Gasteiger partial charge in [0.25, 0.3) is 5.91 Å². The van der Waals surface area contributed by atoms with E-state index in [9.17, 15) is 10.5 Å². The highest BCUT2D eigenvalue weighted by Gasteiger charge is 2.99. The lowest BCUT2D eigenvalue weighted by atomic mass is 9.81. The Morgan fingerprint density at radius 2 is 1.62 bits per heavy atom. The summed E-state index contributed by atoms with van der Waals surface area (Å²) in [6.45, 7) is 4.08. The van der Waals surface area contributed by atoms with Crippen molar-refractivity contribution in [3.63, 3.8) is 0 Å². The van der Waals surface area contributed by atoms with Gasteiger partial charge in [-0.2, -0.15) is 10.5 Å². The van der Waals surface area contributed by atoms with E-state index in [-0.39, 0.29) is 5.84 Å². The maximum atomic E-state index is 9.98. The van der Waals surface area contributed by atoms with Crippen molar-refractivity contribution >= 4 is 5.84 Å². The number of aliphatic imine (C=N–C) groups is 1. The average Bonchev–Trinajstić information content (AvgIpc) is 2.91. The zero-order chi connectivity index (χ0) is 15.9. The monoisotopic (exact) mass is 290 g/mol. The summed E-state index contributed by atoms with van der Waals surface area (Å²) in [5, 5.41) is 19.9. The van der Waals surface area contributed by atoms with E-state index < -0.39 is 22.2 Å². The second kappa shape index (κ2) is 4.69. The van der Waals surface area contributed by atoms with E-state index in [1.54, 1.807) is 0 Å². The van der Waals surface area contributed by atoms with Gasteiger partial charge < -0.3 is 15.2 Å². The van der Waals surface area contributed by atoms with Gasteiger partial charge in [-0.1, -0.05) is 26.7 Å². The summed E-state index contributed by atoms with van der Waals surface area (Å²) in [7, 11) is 2.88. The molecule has 2 aliphatic rings. The van der Waals surface area contributed by atoms with E-state index in [0.29, 0.717) is 12.8 Å². The molecule has 0 spiro atoms. The van der Waals surface area contributed by atoms with Gasteiger partial charge in [0.15, 0.2) is 5.41 Å². The van der Waals surface area contributed by atoms with Crippen LogP contribution in [0.3, 0.4) is 0 Å². The van der Waals surface area contributed by atoms with Crippen molar-refractivity contribution in [1.29, 1.82) is 10.5 Å². The van der Waals surface area contributed by atoms with E-state index in [4.69, 9.17) is 15.2 Å². The Hall–Kier alpha value is -1.63. The lowest BCUT2D eigenvalue weighted by molar-refractivity contribution is -0.237. The summed E-state index contributed by atoms with van der Waals surface area (Å²) in [6, 6.07) is 4.62. The highest BCUT2D eigenvalue weighted by atomic mass is 16.7. The lowest BCUT2D eigenvalue weighted by Gasteiger charge is -2.33. The van der Waals surface area contributed by atoms with Crippen molar-refractivity contribution in [2.75, 3.05) is 14.2 Å². The minimum Gasteiger partial charge on any atom is -0.386 e. The molecule has 0 bridgehead atoms. The number of methoxy groups -OCH3 is 2. The Kier molecular flexibility index (Phi) is 3.52. The Balaban J connectivity index is 2.75. The van der Waals surface area contributed by atoms with E-state index >= 15 is 0 Å². The molecular formula is C15H22N4O2. The van der Waals surface area contributed by atoms with Crippen molar-refractivity contribution in [3.8, 4) is 12.1 Å². The van der Waals surface area contributed by atoms with Crippen molar-refractivity contribution in [3.05, 3.63) is 0 Å². The van der Waals surface area contributed by atoms with Crippen molar-refractivity contribution in [1.82, 2.24) is 0 Å². The van der Waals surface area contributed by atoms with Crippen LogP contribution in [-0.2, 0) is 9.47 Å². The molecule has 1 saturated carbocycles. The van der Waals surface area contributed by atoms with Gasteiger partial charge in [-0.05, 0) is 12.8 Å². The van der Waals surface area contributed by atoms with Crippen LogP contribution in [0.4, 0.5) is 0 Å². The molecule has 1 aliphatic carbocycles. The Morgan fingerprint density at radius 3 is 1.95 bits per heavy atom. The molecule has 0 aromatic rings. The topological polar surface area (TPSA) is 104 Å². The smallest absolute Gasteiger partial charge is 0.292 e. The largest absolute Gasteiger partial charge is 0.386 e. The van der Waals surface area contributed by atoms with Crippen LogP contribution in [0.1, 0.15) is 39.5 Å². The van der Waals surface area contributed by atoms with Gasteiger partial charge in [-0.25, -0.2) is 4.99 Å². The summed E-state index contributed by atoms with van der Waals surface area (Å²) in [5.74, 6) is -1.33. The van der Waals surface area contributed by atoms with Crippen LogP contribution >= 0.6 is 0 Å². The summed E-state index contributed by atoms with van der Waals surface area (Å²) >= 11 is 0. The lowest BCUT2D eigenvalue weighted by Crippen LogP contribution is -2.44. The number of nitriles is 2.